The molecule has 1 aromatic carbocycles. The smallest absolute Gasteiger partial charge is 0.300 e. The predicted octanol–water partition coefficient (Wildman–Crippen LogP) is 1.83. The van der Waals surface area contributed by atoms with Gasteiger partial charge in [-0.15, -0.1) is 0 Å². The van der Waals surface area contributed by atoms with E-state index in [9.17, 15) is 8.42 Å². The molecule has 0 bridgehead atoms. The van der Waals surface area contributed by atoms with Gasteiger partial charge in [-0.3, -0.25) is 4.99 Å². The molecule has 0 amide bonds. The molecule has 0 atom stereocenters. The average molecular weight is 273 g/mol. The van der Waals surface area contributed by atoms with Gasteiger partial charge in [0.25, 0.3) is 0 Å². The topological polar surface area (TPSA) is 82.9 Å². The van der Waals surface area contributed by atoms with Crippen LogP contribution in [0.2, 0.25) is 0 Å². The molecule has 0 saturated carbocycles. The Morgan fingerprint density at radius 1 is 1.21 bits per heavy atom. The first-order chi connectivity index (χ1) is 9.19. The van der Waals surface area contributed by atoms with Crippen LogP contribution >= 0.6 is 0 Å². The van der Waals surface area contributed by atoms with E-state index < -0.39 is 10.3 Å². The van der Waals surface area contributed by atoms with Gasteiger partial charge in [0, 0.05) is 12.1 Å². The Hall–Kier alpha value is -2.30. The van der Waals surface area contributed by atoms with Gasteiger partial charge in [0.15, 0.2) is 0 Å². The van der Waals surface area contributed by atoms with Crippen LogP contribution < -0.4 is 0 Å². The second kappa shape index (κ2) is 6.04. The molecule has 96 valence electrons. The molecule has 0 aliphatic heterocycles. The molecule has 1 aliphatic rings. The Labute approximate surface area is 112 Å². The van der Waals surface area contributed by atoms with Crippen molar-refractivity contribution in [3.05, 3.63) is 47.5 Å². The third kappa shape index (κ3) is 3.58. The molecule has 5 nitrogen and oxygen atoms in total. The van der Waals surface area contributed by atoms with E-state index in [1.54, 1.807) is 6.08 Å². The summed E-state index contributed by atoms with van der Waals surface area (Å²) in [6, 6.07) is 9.40. The van der Waals surface area contributed by atoms with Crippen LogP contribution in [-0.4, -0.2) is 30.0 Å². The third-order valence-electron chi connectivity index (χ3n) is 2.65. The largest absolute Gasteiger partial charge is 0.361 e. The molecule has 0 aromatic heterocycles. The molecular formula is C13H11N3O2S. The van der Waals surface area contributed by atoms with E-state index in [-0.39, 0.29) is 0 Å². The SMILES string of the molecule is [N-]=[N+]=C1CCC(=Nc2ccccc2)C=C1C=S(=O)=O. The van der Waals surface area contributed by atoms with E-state index in [4.69, 9.17) is 5.53 Å². The van der Waals surface area contributed by atoms with Crippen molar-refractivity contribution < 1.29 is 13.2 Å². The number of aliphatic imine (C=N–C) groups is 1. The summed E-state index contributed by atoms with van der Waals surface area (Å²) in [4.78, 5) is 7.54. The summed E-state index contributed by atoms with van der Waals surface area (Å²) in [5, 5.41) is 1.02. The second-order valence-electron chi connectivity index (χ2n) is 3.96. The Morgan fingerprint density at radius 3 is 2.58 bits per heavy atom. The zero-order valence-electron chi connectivity index (χ0n) is 10.0. The maximum atomic E-state index is 10.7. The number of nitrogens with zero attached hydrogens (tertiary/aromatic N) is 3. The minimum atomic E-state index is -2.34. The molecular weight excluding hydrogens is 262 g/mol. The van der Waals surface area contributed by atoms with Gasteiger partial charge in [-0.05, 0) is 18.2 Å². The van der Waals surface area contributed by atoms with Crippen molar-refractivity contribution >= 4 is 32.8 Å². The summed E-state index contributed by atoms with van der Waals surface area (Å²) >= 11 is 0. The minimum absolute atomic E-state index is 0.358. The van der Waals surface area contributed by atoms with Crippen LogP contribution in [0.3, 0.4) is 0 Å². The zero-order chi connectivity index (χ0) is 13.7. The first kappa shape index (κ1) is 13.1. The van der Waals surface area contributed by atoms with Crippen LogP contribution in [0, 0.1) is 0 Å². The monoisotopic (exact) mass is 273 g/mol. The van der Waals surface area contributed by atoms with Crippen LogP contribution in [-0.2, 0) is 10.3 Å². The number of allylic oxidation sites excluding steroid dienone is 2. The molecule has 0 saturated heterocycles. The fourth-order valence-electron chi connectivity index (χ4n) is 1.80. The van der Waals surface area contributed by atoms with Crippen molar-refractivity contribution in [3.63, 3.8) is 0 Å². The van der Waals surface area contributed by atoms with E-state index in [0.29, 0.717) is 24.1 Å². The lowest BCUT2D eigenvalue weighted by Crippen LogP contribution is -2.15. The maximum Gasteiger partial charge on any atom is 0.300 e. The standard InChI is InChI=1S/C13H11N3O2S/c14-16-13-7-6-12(8-10(13)9-19(17)18)15-11-4-2-1-3-5-11/h1-5,8-9H,6-7H2. The van der Waals surface area contributed by atoms with E-state index in [1.807, 2.05) is 30.3 Å². The normalized spacial score (nSPS) is 16.7. The highest BCUT2D eigenvalue weighted by molar-refractivity contribution is 7.72. The van der Waals surface area contributed by atoms with Gasteiger partial charge in [0.1, 0.15) is 0 Å². The van der Waals surface area contributed by atoms with Crippen molar-refractivity contribution in [2.24, 2.45) is 4.99 Å². The Kier molecular flexibility index (Phi) is 4.18. The van der Waals surface area contributed by atoms with E-state index >= 15 is 0 Å². The number of hydrogen-bond donors (Lipinski definition) is 0. The van der Waals surface area contributed by atoms with E-state index in [1.165, 1.54) is 0 Å². The van der Waals surface area contributed by atoms with Crippen molar-refractivity contribution in [3.8, 4) is 0 Å². The molecule has 0 N–H and O–H groups in total. The Balaban J connectivity index is 2.43. The molecule has 0 spiro atoms. The van der Waals surface area contributed by atoms with Crippen LogP contribution in [0.1, 0.15) is 12.8 Å². The van der Waals surface area contributed by atoms with E-state index in [0.717, 1.165) is 16.8 Å². The van der Waals surface area contributed by atoms with Gasteiger partial charge < -0.3 is 5.53 Å². The molecule has 6 heteroatoms. The lowest BCUT2D eigenvalue weighted by Gasteiger charge is -2.07. The zero-order valence-corrected chi connectivity index (χ0v) is 10.8. The number of rotatable bonds is 2. The van der Waals surface area contributed by atoms with Crippen LogP contribution in [0.4, 0.5) is 5.69 Å². The van der Waals surface area contributed by atoms with Crippen molar-refractivity contribution in [2.45, 2.75) is 12.8 Å². The predicted molar refractivity (Wildman–Crippen MR) is 74.5 cm³/mol. The minimum Gasteiger partial charge on any atom is -0.361 e. The van der Waals surface area contributed by atoms with Crippen molar-refractivity contribution in [1.29, 1.82) is 0 Å². The van der Waals surface area contributed by atoms with Crippen molar-refractivity contribution in [1.82, 2.24) is 0 Å². The molecule has 0 heterocycles. The first-order valence-corrected chi connectivity index (χ1v) is 6.81. The number of benzene rings is 1. The maximum absolute atomic E-state index is 10.7. The summed E-state index contributed by atoms with van der Waals surface area (Å²) < 4.78 is 21.4. The fraction of sp³-hybridized carbons (Fsp3) is 0.154. The van der Waals surface area contributed by atoms with Crippen LogP contribution in [0.5, 0.6) is 0 Å². The van der Waals surface area contributed by atoms with Crippen molar-refractivity contribution in [2.75, 3.05) is 0 Å². The fourth-order valence-corrected chi connectivity index (χ4v) is 2.21. The summed E-state index contributed by atoms with van der Waals surface area (Å²) in [6.45, 7) is 0. The number of para-hydroxylation sites is 1. The second-order valence-corrected chi connectivity index (χ2v) is 4.72. The number of hydrogen-bond acceptors (Lipinski definition) is 3. The molecule has 1 aliphatic carbocycles. The lowest BCUT2D eigenvalue weighted by atomic mass is 9.97. The van der Waals surface area contributed by atoms with Gasteiger partial charge in [-0.2, -0.15) is 13.2 Å². The Morgan fingerprint density at radius 2 is 1.95 bits per heavy atom. The molecule has 19 heavy (non-hydrogen) atoms. The first-order valence-electron chi connectivity index (χ1n) is 5.67. The summed E-state index contributed by atoms with van der Waals surface area (Å²) in [7, 11) is -2.34. The van der Waals surface area contributed by atoms with Gasteiger partial charge in [0.2, 0.25) is 10.3 Å². The van der Waals surface area contributed by atoms with Gasteiger partial charge in [-0.25, -0.2) is 0 Å². The quantitative estimate of drug-likeness (QED) is 0.468. The van der Waals surface area contributed by atoms with E-state index in [2.05, 4.69) is 9.78 Å². The molecule has 0 unspecified atom stereocenters. The summed E-state index contributed by atoms with van der Waals surface area (Å²) in [5.74, 6) is 0. The third-order valence-corrected chi connectivity index (χ3v) is 3.09. The molecule has 2 rings (SSSR count). The van der Waals surface area contributed by atoms with Gasteiger partial charge in [0.05, 0.1) is 23.0 Å². The highest BCUT2D eigenvalue weighted by atomic mass is 32.2. The van der Waals surface area contributed by atoms with Gasteiger partial charge in [-0.1, -0.05) is 18.2 Å². The molecule has 1 aromatic rings. The Bertz CT molecular complexity index is 716. The highest BCUT2D eigenvalue weighted by Gasteiger charge is 2.21. The lowest BCUT2D eigenvalue weighted by molar-refractivity contribution is -0.00672. The van der Waals surface area contributed by atoms with Gasteiger partial charge >= 0.3 is 5.71 Å². The molecule has 0 fully saturated rings. The summed E-state index contributed by atoms with van der Waals surface area (Å²) in [6.07, 6.45) is 2.69. The molecule has 0 radical (unpaired) electrons. The summed E-state index contributed by atoms with van der Waals surface area (Å²) in [5.41, 5.74) is 11.1. The highest BCUT2D eigenvalue weighted by Crippen LogP contribution is 2.16. The van der Waals surface area contributed by atoms with Crippen LogP contribution in [0.25, 0.3) is 5.53 Å². The average Bonchev–Trinajstić information content (AvgIpc) is 2.39. The van der Waals surface area contributed by atoms with Crippen LogP contribution in [0.15, 0.2) is 47.0 Å².